The van der Waals surface area contributed by atoms with Gasteiger partial charge in [-0.3, -0.25) is 4.79 Å². The van der Waals surface area contributed by atoms with Crippen molar-refractivity contribution in [3.8, 4) is 51.7 Å². The summed E-state index contributed by atoms with van der Waals surface area (Å²) in [5.41, 5.74) is 13.6. The maximum atomic E-state index is 12.4. The van der Waals surface area contributed by atoms with Crippen molar-refractivity contribution >= 4 is 11.8 Å². The Bertz CT molecular complexity index is 2240. The lowest BCUT2D eigenvalue weighted by Gasteiger charge is -2.39. The largest absolute Gasteiger partial charge is 0.508 e. The van der Waals surface area contributed by atoms with Crippen LogP contribution in [-0.4, -0.2) is 73.0 Å². The van der Waals surface area contributed by atoms with Crippen LogP contribution in [0.15, 0.2) is 48.5 Å². The number of aliphatic hydroxyl groups excluding tert-OH is 1. The van der Waals surface area contributed by atoms with Crippen molar-refractivity contribution in [3.63, 3.8) is 0 Å². The minimum absolute atomic E-state index is 0.0274. The Balaban J connectivity index is 1.37. The molecule has 1 fully saturated rings. The topological polar surface area (TPSA) is 178 Å². The summed E-state index contributed by atoms with van der Waals surface area (Å²) in [7, 11) is 3.69. The van der Waals surface area contributed by atoms with E-state index in [0.29, 0.717) is 42.5 Å². The normalized spacial score (nSPS) is 21.3. The molecule has 1 saturated carbocycles. The summed E-state index contributed by atoms with van der Waals surface area (Å²) in [4.78, 5) is 17.1. The second-order valence-electron chi connectivity index (χ2n) is 15.5. The Morgan fingerprint density at radius 1 is 1.05 bits per heavy atom. The Morgan fingerprint density at radius 2 is 1.88 bits per heavy atom. The number of carbonyl (C=O) groups is 1. The lowest BCUT2D eigenvalue weighted by atomic mass is 9.65. The zero-order chi connectivity index (χ0) is 39.1. The van der Waals surface area contributed by atoms with E-state index in [2.05, 4.69) is 33.5 Å². The number of nitrogens with one attached hydrogen (secondary N) is 2. The van der Waals surface area contributed by atoms with E-state index in [-0.39, 0.29) is 42.0 Å². The highest BCUT2D eigenvalue weighted by Gasteiger charge is 2.51. The molecule has 12 nitrogen and oxygen atoms in total. The molecule has 3 heterocycles. The highest BCUT2D eigenvalue weighted by atomic mass is 16.6. The zero-order valence-electron chi connectivity index (χ0n) is 31.9. The van der Waals surface area contributed by atoms with Gasteiger partial charge in [-0.15, -0.1) is 0 Å². The number of phenolic OH excluding ortho intramolecular Hbond substituents is 2. The molecule has 4 aromatic rings. The monoisotopic (exact) mass is 760 g/mol. The van der Waals surface area contributed by atoms with E-state index in [4.69, 9.17) is 24.7 Å². The first-order valence-corrected chi connectivity index (χ1v) is 19.2. The SMILES string of the molecule is CNCC(CNC)Oc1cc2c(cc1O)CC#Cc1nc(N)ccc1C[C@H]1CC[C@]3(Cc4cc(O)cc(OCO)c4-c4ccc5c(c43)O[C@H]2[C@H]5COC(C)=O)C1. The van der Waals surface area contributed by atoms with Crippen molar-refractivity contribution in [2.24, 2.45) is 5.92 Å². The molecule has 7 N–H and O–H groups in total. The average Bonchev–Trinajstić information content (AvgIpc) is 3.73. The number of nitrogen functional groups attached to an aromatic ring is 1. The fourth-order valence-electron chi connectivity index (χ4n) is 9.57. The lowest BCUT2D eigenvalue weighted by Crippen LogP contribution is -2.37. The smallest absolute Gasteiger partial charge is 0.302 e. The van der Waals surface area contributed by atoms with Crippen LogP contribution in [0.4, 0.5) is 5.82 Å². The number of hydrogen-bond acceptors (Lipinski definition) is 12. The standard InChI is InChI=1S/C44H48N4O8/c1-24(50)53-22-34-31-8-9-32-40-28(14-29(51)16-38(40)54-23-49)19-44-12-11-25(18-44)13-27-7-10-39(45)48-35(27)6-4-5-26-15-36(52)37(55-30(20-46-2)21-47-3)17-33(26)42(34)56-43(31)41(32)44/h7-10,14-17,25,30,34,42,46-47,49,51-52H,5,11-13,18-23H2,1-3H3,(H2,45,48)/t25-,34+,42-,44-/m1/s1. The molecule has 0 amide bonds. The molecule has 4 atom stereocenters. The molecule has 8 rings (SSSR count). The Hall–Kier alpha value is -5.48. The van der Waals surface area contributed by atoms with Crippen molar-refractivity contribution in [2.45, 2.75) is 69.0 Å². The number of nitrogens with two attached hydrogens (primary N) is 1. The van der Waals surface area contributed by atoms with Crippen LogP contribution in [-0.2, 0) is 34.2 Å². The fraction of sp³-hybridized carbons (Fsp3) is 0.409. The molecule has 12 heteroatoms. The van der Waals surface area contributed by atoms with Gasteiger partial charge in [-0.05, 0) is 105 Å². The van der Waals surface area contributed by atoms with Gasteiger partial charge in [0, 0.05) is 60.2 Å². The number of rotatable bonds is 10. The van der Waals surface area contributed by atoms with Gasteiger partial charge in [0.05, 0.1) is 5.92 Å². The van der Waals surface area contributed by atoms with Crippen LogP contribution >= 0.6 is 0 Å². The van der Waals surface area contributed by atoms with Crippen molar-refractivity contribution in [3.05, 3.63) is 87.6 Å². The number of carbonyl (C=O) groups excluding carboxylic acids is 1. The fourth-order valence-corrected chi connectivity index (χ4v) is 9.57. The predicted molar refractivity (Wildman–Crippen MR) is 210 cm³/mol. The molecule has 2 aliphatic heterocycles. The number of likely N-dealkylation sites (N-methyl/N-ethyl adjacent to an activating group) is 2. The van der Waals surface area contributed by atoms with Crippen LogP contribution < -0.4 is 30.6 Å². The molecule has 4 bridgehead atoms. The highest BCUT2D eigenvalue weighted by molar-refractivity contribution is 5.84. The Morgan fingerprint density at radius 3 is 2.64 bits per heavy atom. The number of aromatic nitrogens is 1. The van der Waals surface area contributed by atoms with Crippen molar-refractivity contribution < 1.29 is 39.1 Å². The van der Waals surface area contributed by atoms with E-state index in [1.54, 1.807) is 18.2 Å². The minimum atomic E-state index is -0.641. The zero-order valence-corrected chi connectivity index (χ0v) is 31.9. The predicted octanol–water partition coefficient (Wildman–Crippen LogP) is 4.78. The van der Waals surface area contributed by atoms with Gasteiger partial charge >= 0.3 is 5.97 Å². The molecule has 292 valence electrons. The van der Waals surface area contributed by atoms with Crippen LogP contribution in [0, 0.1) is 17.8 Å². The molecule has 1 spiro atoms. The number of anilines is 1. The number of pyridine rings is 1. The Kier molecular flexibility index (Phi) is 10.2. The van der Waals surface area contributed by atoms with Gasteiger partial charge < -0.3 is 50.6 Å². The molecule has 3 aromatic carbocycles. The number of fused-ring (bicyclic) bond motifs is 7. The second-order valence-corrected chi connectivity index (χ2v) is 15.5. The van der Waals surface area contributed by atoms with Gasteiger partial charge in [-0.25, -0.2) is 4.98 Å². The lowest BCUT2D eigenvalue weighted by molar-refractivity contribution is -0.141. The van der Waals surface area contributed by atoms with E-state index in [0.717, 1.165) is 75.9 Å². The van der Waals surface area contributed by atoms with Gasteiger partial charge in [-0.1, -0.05) is 24.1 Å². The first-order chi connectivity index (χ1) is 27.1. The summed E-state index contributed by atoms with van der Waals surface area (Å²) in [6.45, 7) is 1.98. The van der Waals surface area contributed by atoms with Gasteiger partial charge in [0.15, 0.2) is 18.3 Å². The summed E-state index contributed by atoms with van der Waals surface area (Å²) in [6, 6.07) is 14.8. The second kappa shape index (κ2) is 15.2. The summed E-state index contributed by atoms with van der Waals surface area (Å²) < 4.78 is 25.2. The van der Waals surface area contributed by atoms with Gasteiger partial charge in [0.25, 0.3) is 0 Å². The summed E-state index contributed by atoms with van der Waals surface area (Å²) in [5, 5.41) is 38.5. The van der Waals surface area contributed by atoms with Gasteiger partial charge in [0.1, 0.15) is 47.6 Å². The van der Waals surface area contributed by atoms with E-state index in [9.17, 15) is 20.1 Å². The third-order valence-electron chi connectivity index (χ3n) is 11.8. The van der Waals surface area contributed by atoms with Crippen LogP contribution in [0.5, 0.6) is 28.7 Å². The number of esters is 1. The average molecular weight is 761 g/mol. The van der Waals surface area contributed by atoms with Crippen LogP contribution in [0.2, 0.25) is 0 Å². The number of nitrogens with zero attached hydrogens (tertiary/aromatic N) is 1. The first kappa shape index (κ1) is 37.4. The van der Waals surface area contributed by atoms with Gasteiger partial charge in [0.2, 0.25) is 0 Å². The minimum Gasteiger partial charge on any atom is -0.508 e. The Labute approximate surface area is 326 Å². The molecule has 4 aliphatic rings. The van der Waals surface area contributed by atoms with E-state index >= 15 is 0 Å². The number of phenols is 2. The van der Waals surface area contributed by atoms with Gasteiger partial charge in [-0.2, -0.15) is 0 Å². The van der Waals surface area contributed by atoms with Crippen LogP contribution in [0.1, 0.15) is 77.3 Å². The summed E-state index contributed by atoms with van der Waals surface area (Å²) in [5.74, 6) is 7.97. The molecule has 2 aliphatic carbocycles. The molecule has 56 heavy (non-hydrogen) atoms. The van der Waals surface area contributed by atoms with Crippen LogP contribution in [0.25, 0.3) is 11.1 Å². The third-order valence-corrected chi connectivity index (χ3v) is 11.8. The highest BCUT2D eigenvalue weighted by Crippen LogP contribution is 2.62. The number of hydrogen-bond donors (Lipinski definition) is 6. The molecule has 0 saturated heterocycles. The van der Waals surface area contributed by atoms with E-state index < -0.39 is 24.8 Å². The summed E-state index contributed by atoms with van der Waals surface area (Å²) >= 11 is 0. The van der Waals surface area contributed by atoms with Crippen molar-refractivity contribution in [2.75, 3.05) is 46.3 Å². The van der Waals surface area contributed by atoms with E-state index in [1.807, 2.05) is 38.4 Å². The van der Waals surface area contributed by atoms with E-state index in [1.165, 1.54) is 6.92 Å². The summed E-state index contributed by atoms with van der Waals surface area (Å²) in [6.07, 6.45) is 3.34. The number of ether oxygens (including phenoxy) is 4. The van der Waals surface area contributed by atoms with Crippen molar-refractivity contribution in [1.29, 1.82) is 0 Å². The molecule has 0 unspecified atom stereocenters. The first-order valence-electron chi connectivity index (χ1n) is 19.2. The molecular formula is C44H48N4O8. The number of benzene rings is 3. The molecule has 1 aromatic heterocycles. The maximum Gasteiger partial charge on any atom is 0.302 e. The molecule has 0 radical (unpaired) electrons. The third kappa shape index (κ3) is 6.84. The van der Waals surface area contributed by atoms with Crippen LogP contribution in [0.3, 0.4) is 0 Å². The number of aromatic hydroxyl groups is 2. The maximum absolute atomic E-state index is 12.4. The molecular weight excluding hydrogens is 713 g/mol. The quantitative estimate of drug-likeness (QED) is 0.0742. The van der Waals surface area contributed by atoms with Crippen molar-refractivity contribution in [1.82, 2.24) is 15.6 Å². The number of aliphatic hydroxyl groups is 1.